The fourth-order valence-electron chi connectivity index (χ4n) is 4.89. The van der Waals surface area contributed by atoms with Gasteiger partial charge in [-0.05, 0) is 53.4 Å². The molecule has 180 valence electrons. The molecule has 2 aromatic carbocycles. The molecule has 2 aliphatic rings. The number of carboxylic acids is 1. The van der Waals surface area contributed by atoms with Crippen LogP contribution in [0.3, 0.4) is 0 Å². The number of hydrogen-bond acceptors (Lipinski definition) is 4. The SMILES string of the molecule is CCCC(NC(=O)OCC1c2ccccc2-c2ccccc21)C(=O)NCC(CC(=O)O)C1CC1. The number of fused-ring (bicyclic) bond motifs is 3. The van der Waals surface area contributed by atoms with Crippen molar-refractivity contribution in [3.05, 3.63) is 59.7 Å². The molecule has 1 fully saturated rings. The third kappa shape index (κ3) is 5.58. The monoisotopic (exact) mass is 464 g/mol. The molecule has 2 aliphatic carbocycles. The summed E-state index contributed by atoms with van der Waals surface area (Å²) in [5, 5.41) is 14.7. The van der Waals surface area contributed by atoms with Gasteiger partial charge < -0.3 is 20.5 Å². The van der Waals surface area contributed by atoms with Crippen molar-refractivity contribution in [2.24, 2.45) is 11.8 Å². The highest BCUT2D eigenvalue weighted by Crippen LogP contribution is 2.44. The zero-order valence-corrected chi connectivity index (χ0v) is 19.5. The molecule has 2 unspecified atom stereocenters. The molecule has 3 N–H and O–H groups in total. The Kier molecular flexibility index (Phi) is 7.50. The Morgan fingerprint density at radius 3 is 2.21 bits per heavy atom. The number of alkyl carbamates (subject to hydrolysis) is 1. The molecule has 0 bridgehead atoms. The lowest BCUT2D eigenvalue weighted by Crippen LogP contribution is -2.48. The maximum atomic E-state index is 12.8. The zero-order valence-electron chi connectivity index (χ0n) is 19.5. The number of carbonyl (C=O) groups excluding carboxylic acids is 2. The summed E-state index contributed by atoms with van der Waals surface area (Å²) < 4.78 is 5.59. The van der Waals surface area contributed by atoms with E-state index in [1.54, 1.807) is 0 Å². The molecular formula is C27H32N2O5. The molecule has 0 saturated heterocycles. The summed E-state index contributed by atoms with van der Waals surface area (Å²) in [4.78, 5) is 36.5. The Hall–Kier alpha value is -3.35. The van der Waals surface area contributed by atoms with Gasteiger partial charge in [0, 0.05) is 12.5 Å². The van der Waals surface area contributed by atoms with E-state index in [0.29, 0.717) is 25.3 Å². The van der Waals surface area contributed by atoms with Gasteiger partial charge in [0.25, 0.3) is 0 Å². The number of rotatable bonds is 11. The highest BCUT2D eigenvalue weighted by atomic mass is 16.5. The minimum Gasteiger partial charge on any atom is -0.481 e. The first kappa shape index (κ1) is 23.8. The zero-order chi connectivity index (χ0) is 24.1. The molecule has 2 aromatic rings. The van der Waals surface area contributed by atoms with Gasteiger partial charge in [-0.1, -0.05) is 61.9 Å². The molecule has 0 aliphatic heterocycles. The van der Waals surface area contributed by atoms with Crippen molar-refractivity contribution < 1.29 is 24.2 Å². The molecular weight excluding hydrogens is 432 g/mol. The van der Waals surface area contributed by atoms with Crippen molar-refractivity contribution in [1.29, 1.82) is 0 Å². The average Bonchev–Trinajstić information content (AvgIpc) is 3.62. The van der Waals surface area contributed by atoms with Crippen molar-refractivity contribution >= 4 is 18.0 Å². The second-order valence-corrected chi connectivity index (χ2v) is 9.25. The molecule has 0 spiro atoms. The number of amides is 2. The highest BCUT2D eigenvalue weighted by Gasteiger charge is 2.34. The van der Waals surface area contributed by atoms with Crippen LogP contribution in [0, 0.1) is 11.8 Å². The van der Waals surface area contributed by atoms with Gasteiger partial charge in [0.1, 0.15) is 12.6 Å². The van der Waals surface area contributed by atoms with E-state index in [2.05, 4.69) is 34.9 Å². The van der Waals surface area contributed by atoms with E-state index in [1.165, 1.54) is 0 Å². The predicted octanol–water partition coefficient (Wildman–Crippen LogP) is 4.31. The molecule has 7 heteroatoms. The third-order valence-corrected chi connectivity index (χ3v) is 6.79. The van der Waals surface area contributed by atoms with Gasteiger partial charge in [-0.15, -0.1) is 0 Å². The second kappa shape index (κ2) is 10.7. The maximum Gasteiger partial charge on any atom is 0.407 e. The normalized spacial score (nSPS) is 16.1. The fourth-order valence-corrected chi connectivity index (χ4v) is 4.89. The topological polar surface area (TPSA) is 105 Å². The van der Waals surface area contributed by atoms with Crippen LogP contribution in [0.5, 0.6) is 0 Å². The van der Waals surface area contributed by atoms with E-state index in [4.69, 9.17) is 9.84 Å². The van der Waals surface area contributed by atoms with Crippen molar-refractivity contribution in [3.8, 4) is 11.1 Å². The van der Waals surface area contributed by atoms with Crippen LogP contribution in [0.4, 0.5) is 4.79 Å². The van der Waals surface area contributed by atoms with Crippen LogP contribution in [-0.4, -0.2) is 42.3 Å². The van der Waals surface area contributed by atoms with Crippen LogP contribution in [0.15, 0.2) is 48.5 Å². The summed E-state index contributed by atoms with van der Waals surface area (Å²) in [5.41, 5.74) is 4.57. The minimum absolute atomic E-state index is 0.0448. The van der Waals surface area contributed by atoms with Crippen molar-refractivity contribution in [2.75, 3.05) is 13.2 Å². The number of carboxylic acid groups (broad SMARTS) is 1. The lowest BCUT2D eigenvalue weighted by atomic mass is 9.98. The van der Waals surface area contributed by atoms with Gasteiger partial charge in [0.2, 0.25) is 5.91 Å². The number of ether oxygens (including phenoxy) is 1. The molecule has 7 nitrogen and oxygen atoms in total. The summed E-state index contributed by atoms with van der Waals surface area (Å²) >= 11 is 0. The van der Waals surface area contributed by atoms with Crippen LogP contribution in [0.1, 0.15) is 56.1 Å². The summed E-state index contributed by atoms with van der Waals surface area (Å²) in [7, 11) is 0. The summed E-state index contributed by atoms with van der Waals surface area (Å²) in [6.07, 6.45) is 2.61. The largest absolute Gasteiger partial charge is 0.481 e. The maximum absolute atomic E-state index is 12.8. The second-order valence-electron chi connectivity index (χ2n) is 9.25. The molecule has 1 saturated carbocycles. The first-order valence-corrected chi connectivity index (χ1v) is 12.1. The molecule has 0 aromatic heterocycles. The Labute approximate surface area is 199 Å². The van der Waals surface area contributed by atoms with Crippen LogP contribution in [-0.2, 0) is 14.3 Å². The van der Waals surface area contributed by atoms with Crippen LogP contribution in [0.25, 0.3) is 11.1 Å². The lowest BCUT2D eigenvalue weighted by Gasteiger charge is -2.21. The van der Waals surface area contributed by atoms with E-state index >= 15 is 0 Å². The minimum atomic E-state index is -0.854. The Bertz CT molecular complexity index is 1000. The molecule has 34 heavy (non-hydrogen) atoms. The quantitative estimate of drug-likeness (QED) is 0.460. The first-order valence-electron chi connectivity index (χ1n) is 12.1. The third-order valence-electron chi connectivity index (χ3n) is 6.79. The van der Waals surface area contributed by atoms with Gasteiger partial charge in [-0.3, -0.25) is 9.59 Å². The summed E-state index contributed by atoms with van der Waals surface area (Å²) in [5.74, 6) is -0.916. The van der Waals surface area contributed by atoms with Gasteiger partial charge in [0.15, 0.2) is 0 Å². The van der Waals surface area contributed by atoms with E-state index < -0.39 is 18.1 Å². The van der Waals surface area contributed by atoms with E-state index in [9.17, 15) is 14.4 Å². The number of nitrogens with one attached hydrogen (secondary N) is 2. The van der Waals surface area contributed by atoms with E-state index in [-0.39, 0.29) is 30.8 Å². The van der Waals surface area contributed by atoms with Gasteiger partial charge in [-0.2, -0.15) is 0 Å². The van der Waals surface area contributed by atoms with Crippen molar-refractivity contribution in [2.45, 2.75) is 51.0 Å². The van der Waals surface area contributed by atoms with Crippen LogP contribution < -0.4 is 10.6 Å². The van der Waals surface area contributed by atoms with Crippen molar-refractivity contribution in [3.63, 3.8) is 0 Å². The number of carbonyl (C=O) groups is 3. The summed E-state index contributed by atoms with van der Waals surface area (Å²) in [6, 6.07) is 15.5. The molecule has 2 amide bonds. The molecule has 0 heterocycles. The molecule has 2 atom stereocenters. The number of hydrogen-bond donors (Lipinski definition) is 3. The van der Waals surface area contributed by atoms with Crippen LogP contribution in [0.2, 0.25) is 0 Å². The van der Waals surface area contributed by atoms with Crippen LogP contribution >= 0.6 is 0 Å². The Morgan fingerprint density at radius 1 is 1.03 bits per heavy atom. The highest BCUT2D eigenvalue weighted by molar-refractivity contribution is 5.85. The predicted molar refractivity (Wildman–Crippen MR) is 128 cm³/mol. The Balaban J connectivity index is 1.33. The van der Waals surface area contributed by atoms with Gasteiger partial charge in [0.05, 0.1) is 6.42 Å². The fraction of sp³-hybridized carbons (Fsp3) is 0.444. The van der Waals surface area contributed by atoms with E-state index in [0.717, 1.165) is 35.1 Å². The number of benzene rings is 2. The van der Waals surface area contributed by atoms with E-state index in [1.807, 2.05) is 31.2 Å². The van der Waals surface area contributed by atoms with Gasteiger partial charge in [-0.25, -0.2) is 4.79 Å². The van der Waals surface area contributed by atoms with Gasteiger partial charge >= 0.3 is 12.1 Å². The lowest BCUT2D eigenvalue weighted by molar-refractivity contribution is -0.138. The first-order chi connectivity index (χ1) is 16.5. The summed E-state index contributed by atoms with van der Waals surface area (Å²) in [6.45, 7) is 2.43. The smallest absolute Gasteiger partial charge is 0.407 e. The standard InChI is InChI=1S/C27H32N2O5/c1-2-7-24(26(32)28-15-18(14-25(30)31)17-12-13-17)29-27(33)34-16-23-21-10-5-3-8-19(21)20-9-4-6-11-22(20)23/h3-6,8-11,17-18,23-24H,2,7,12-16H2,1H3,(H,28,32)(H,29,33)(H,30,31). The average molecular weight is 465 g/mol. The number of aliphatic carboxylic acids is 1. The Morgan fingerprint density at radius 2 is 1.65 bits per heavy atom. The van der Waals surface area contributed by atoms with Crippen molar-refractivity contribution in [1.82, 2.24) is 10.6 Å². The molecule has 4 rings (SSSR count). The molecule has 0 radical (unpaired) electrons.